The van der Waals surface area contributed by atoms with Crippen LogP contribution in [0.25, 0.3) is 0 Å². The van der Waals surface area contributed by atoms with Gasteiger partial charge in [-0.05, 0) is 81.9 Å². The third-order valence-corrected chi connectivity index (χ3v) is 5.90. The number of amides is 1. The average molecular weight is 370 g/mol. The molecule has 0 aromatic heterocycles. The largest absolute Gasteiger partial charge is 0.444 e. The molecule has 0 spiro atoms. The van der Waals surface area contributed by atoms with Gasteiger partial charge in [-0.15, -0.1) is 0 Å². The molecule has 0 aliphatic heterocycles. The van der Waals surface area contributed by atoms with Crippen molar-refractivity contribution in [3.8, 4) is 6.07 Å². The Balaban J connectivity index is 1.70. The first kappa shape index (κ1) is 19.7. The molecule has 2 aliphatic carbocycles. The Bertz CT molecular complexity index is 734. The summed E-state index contributed by atoms with van der Waals surface area (Å²) in [4.78, 5) is 14.5. The number of aliphatic hydroxyl groups is 1. The Labute approximate surface area is 161 Å². The molecule has 0 saturated heterocycles. The zero-order chi connectivity index (χ0) is 19.7. The van der Waals surface area contributed by atoms with Crippen LogP contribution in [0, 0.1) is 17.2 Å². The summed E-state index contributed by atoms with van der Waals surface area (Å²) < 4.78 is 5.61. The molecule has 2 aliphatic rings. The molecule has 0 radical (unpaired) electrons. The highest BCUT2D eigenvalue weighted by Crippen LogP contribution is 2.62. The molecule has 5 heteroatoms. The van der Waals surface area contributed by atoms with Gasteiger partial charge in [-0.1, -0.05) is 12.1 Å². The molecule has 146 valence electrons. The van der Waals surface area contributed by atoms with E-state index in [0.717, 1.165) is 25.7 Å². The minimum atomic E-state index is -0.524. The average Bonchev–Trinajstić information content (AvgIpc) is 3.36. The maximum Gasteiger partial charge on any atom is 0.410 e. The summed E-state index contributed by atoms with van der Waals surface area (Å²) in [5, 5.41) is 18.4. The van der Waals surface area contributed by atoms with Crippen molar-refractivity contribution in [2.24, 2.45) is 5.92 Å². The van der Waals surface area contributed by atoms with Crippen molar-refractivity contribution < 1.29 is 14.6 Å². The number of hydrogen-bond acceptors (Lipinski definition) is 4. The molecule has 0 heterocycles. The lowest BCUT2D eigenvalue weighted by atomic mass is 9.80. The van der Waals surface area contributed by atoms with Crippen molar-refractivity contribution in [1.82, 2.24) is 4.90 Å². The quantitative estimate of drug-likeness (QED) is 0.850. The van der Waals surface area contributed by atoms with Gasteiger partial charge in [0, 0.05) is 19.2 Å². The highest BCUT2D eigenvalue weighted by Gasteiger charge is 2.58. The third-order valence-electron chi connectivity index (χ3n) is 5.90. The van der Waals surface area contributed by atoms with Crippen molar-refractivity contribution in [3.05, 3.63) is 35.4 Å². The van der Waals surface area contributed by atoms with Crippen LogP contribution in [0.15, 0.2) is 24.3 Å². The van der Waals surface area contributed by atoms with E-state index in [-0.39, 0.29) is 24.2 Å². The fourth-order valence-corrected chi connectivity index (χ4v) is 4.53. The second-order valence-corrected chi connectivity index (χ2v) is 8.93. The Morgan fingerprint density at radius 2 is 2.22 bits per heavy atom. The van der Waals surface area contributed by atoms with E-state index < -0.39 is 5.60 Å². The van der Waals surface area contributed by atoms with Crippen LogP contribution in [-0.2, 0) is 10.2 Å². The Hall–Kier alpha value is -2.06. The minimum Gasteiger partial charge on any atom is -0.444 e. The van der Waals surface area contributed by atoms with Crippen LogP contribution < -0.4 is 0 Å². The molecular formula is C22H30N2O3. The normalized spacial score (nSPS) is 26.6. The predicted octanol–water partition coefficient (Wildman–Crippen LogP) is 3.99. The standard InChI is InChI=1S/C22H30N2O3/c1-21(2,3)27-20(26)24(10-5-11-25)19-8-9-22(14-18(22)13-19)17-7-4-6-16(12-17)15-23/h4,6-7,12,18-19,25H,5,8-11,13-14H2,1-3H3. The number of benzene rings is 1. The number of fused-ring (bicyclic) bond motifs is 1. The number of rotatable bonds is 5. The number of aliphatic hydroxyl groups excluding tert-OH is 1. The minimum absolute atomic E-state index is 0.0698. The smallest absolute Gasteiger partial charge is 0.410 e. The summed E-state index contributed by atoms with van der Waals surface area (Å²) in [7, 11) is 0. The maximum absolute atomic E-state index is 12.7. The highest BCUT2D eigenvalue weighted by molar-refractivity contribution is 5.68. The summed E-state index contributed by atoms with van der Waals surface area (Å²) in [5.41, 5.74) is 1.64. The predicted molar refractivity (Wildman–Crippen MR) is 103 cm³/mol. The molecule has 1 aromatic carbocycles. The topological polar surface area (TPSA) is 73.6 Å². The lowest BCUT2D eigenvalue weighted by Crippen LogP contribution is -2.46. The van der Waals surface area contributed by atoms with Crippen molar-refractivity contribution in [2.75, 3.05) is 13.2 Å². The first-order valence-corrected chi connectivity index (χ1v) is 9.90. The Morgan fingerprint density at radius 3 is 2.85 bits per heavy atom. The molecule has 2 fully saturated rings. The molecule has 1 amide bonds. The lowest BCUT2D eigenvalue weighted by molar-refractivity contribution is 0.00995. The van der Waals surface area contributed by atoms with Crippen LogP contribution >= 0.6 is 0 Å². The van der Waals surface area contributed by atoms with Gasteiger partial charge in [0.05, 0.1) is 11.6 Å². The van der Waals surface area contributed by atoms with E-state index in [2.05, 4.69) is 12.1 Å². The zero-order valence-corrected chi connectivity index (χ0v) is 16.6. The molecule has 1 aromatic rings. The van der Waals surface area contributed by atoms with Gasteiger partial charge >= 0.3 is 6.09 Å². The molecule has 3 unspecified atom stereocenters. The van der Waals surface area contributed by atoms with Gasteiger partial charge in [0.15, 0.2) is 0 Å². The van der Waals surface area contributed by atoms with Gasteiger partial charge in [-0.25, -0.2) is 4.79 Å². The number of carbonyl (C=O) groups is 1. The number of nitrogens with zero attached hydrogens (tertiary/aromatic N) is 2. The van der Waals surface area contributed by atoms with Crippen LogP contribution in [0.2, 0.25) is 0 Å². The van der Waals surface area contributed by atoms with Crippen LogP contribution in [-0.4, -0.2) is 40.9 Å². The number of nitriles is 1. The lowest BCUT2D eigenvalue weighted by Gasteiger charge is -2.37. The van der Waals surface area contributed by atoms with Gasteiger partial charge in [-0.3, -0.25) is 0 Å². The van der Waals surface area contributed by atoms with E-state index in [1.54, 1.807) is 0 Å². The summed E-state index contributed by atoms with van der Waals surface area (Å²) >= 11 is 0. The second-order valence-electron chi connectivity index (χ2n) is 8.93. The summed E-state index contributed by atoms with van der Waals surface area (Å²) in [6.45, 7) is 6.23. The zero-order valence-electron chi connectivity index (χ0n) is 16.6. The van der Waals surface area contributed by atoms with Crippen molar-refractivity contribution in [1.29, 1.82) is 5.26 Å². The van der Waals surface area contributed by atoms with E-state index in [4.69, 9.17) is 4.74 Å². The van der Waals surface area contributed by atoms with Crippen LogP contribution in [0.3, 0.4) is 0 Å². The molecule has 3 atom stereocenters. The van der Waals surface area contributed by atoms with Crippen LogP contribution in [0.1, 0.15) is 64.0 Å². The molecular weight excluding hydrogens is 340 g/mol. The molecule has 0 bridgehead atoms. The molecule has 2 saturated carbocycles. The first-order valence-electron chi connectivity index (χ1n) is 9.90. The van der Waals surface area contributed by atoms with Crippen LogP contribution in [0.4, 0.5) is 4.79 Å². The Morgan fingerprint density at radius 1 is 1.44 bits per heavy atom. The highest BCUT2D eigenvalue weighted by atomic mass is 16.6. The van der Waals surface area contributed by atoms with Gasteiger partial charge in [0.2, 0.25) is 0 Å². The van der Waals surface area contributed by atoms with Crippen molar-refractivity contribution in [3.63, 3.8) is 0 Å². The van der Waals surface area contributed by atoms with Gasteiger partial charge in [-0.2, -0.15) is 5.26 Å². The molecule has 27 heavy (non-hydrogen) atoms. The van der Waals surface area contributed by atoms with E-state index in [1.165, 1.54) is 5.56 Å². The number of ether oxygens (including phenoxy) is 1. The van der Waals surface area contributed by atoms with E-state index in [9.17, 15) is 15.2 Å². The third kappa shape index (κ3) is 4.27. The summed E-state index contributed by atoms with van der Waals surface area (Å²) in [6.07, 6.45) is 4.33. The number of hydrogen-bond donors (Lipinski definition) is 1. The van der Waals surface area contributed by atoms with Crippen LogP contribution in [0.5, 0.6) is 0 Å². The Kier molecular flexibility index (Phi) is 5.48. The summed E-state index contributed by atoms with van der Waals surface area (Å²) in [5.74, 6) is 0.546. The van der Waals surface area contributed by atoms with Crippen molar-refractivity contribution in [2.45, 2.75) is 69.9 Å². The van der Waals surface area contributed by atoms with E-state index in [0.29, 0.717) is 24.4 Å². The molecule has 3 rings (SSSR count). The van der Waals surface area contributed by atoms with E-state index >= 15 is 0 Å². The summed E-state index contributed by atoms with van der Waals surface area (Å²) in [6, 6.07) is 10.4. The monoisotopic (exact) mass is 370 g/mol. The molecule has 5 nitrogen and oxygen atoms in total. The molecule has 1 N–H and O–H groups in total. The van der Waals surface area contributed by atoms with Gasteiger partial charge in [0.25, 0.3) is 0 Å². The first-order chi connectivity index (χ1) is 12.8. The second kappa shape index (κ2) is 7.52. The van der Waals surface area contributed by atoms with E-state index in [1.807, 2.05) is 43.9 Å². The SMILES string of the molecule is CC(C)(C)OC(=O)N(CCCO)C1CCC2(c3cccc(C#N)c3)CC2C1. The fraction of sp³-hybridized carbons (Fsp3) is 0.636. The van der Waals surface area contributed by atoms with Crippen molar-refractivity contribution >= 4 is 6.09 Å². The van der Waals surface area contributed by atoms with Gasteiger partial charge in [0.1, 0.15) is 5.60 Å². The number of carbonyl (C=O) groups excluding carboxylic acids is 1. The fourth-order valence-electron chi connectivity index (χ4n) is 4.53. The maximum atomic E-state index is 12.7. The van der Waals surface area contributed by atoms with Gasteiger partial charge < -0.3 is 14.7 Å².